The van der Waals surface area contributed by atoms with E-state index in [9.17, 15) is 0 Å². The Morgan fingerprint density at radius 3 is 1.80 bits per heavy atom. The van der Waals surface area contributed by atoms with Crippen LogP contribution in [0.25, 0.3) is 44.2 Å². The molecular weight excluding hydrogens is 610 g/mol. The molecule has 1 spiro atoms. The maximum absolute atomic E-state index is 15.2. The highest BCUT2D eigenvalue weighted by molar-refractivity contribution is 6.12. The van der Waals surface area contributed by atoms with E-state index in [-0.39, 0.29) is 5.82 Å². The van der Waals surface area contributed by atoms with Crippen LogP contribution in [-0.2, 0) is 5.41 Å². The number of rotatable bonds is 4. The molecule has 0 saturated heterocycles. The van der Waals surface area contributed by atoms with Crippen LogP contribution in [0.4, 0.5) is 21.5 Å². The van der Waals surface area contributed by atoms with Gasteiger partial charge in [0.2, 0.25) is 0 Å². The molecule has 10 rings (SSSR count). The minimum atomic E-state index is -0.512. The molecule has 2 heteroatoms. The second-order valence-corrected chi connectivity index (χ2v) is 13.5. The van der Waals surface area contributed by atoms with E-state index in [1.54, 1.807) is 12.1 Å². The Kier molecular flexibility index (Phi) is 6.25. The molecule has 1 nitrogen and oxygen atoms in total. The third-order valence-corrected chi connectivity index (χ3v) is 10.7. The number of nitrogens with zero attached hydrogens (tertiary/aromatic N) is 1. The maximum atomic E-state index is 15.2. The largest absolute Gasteiger partial charge is 0.310 e. The lowest BCUT2D eigenvalue weighted by Gasteiger charge is -2.33. The van der Waals surface area contributed by atoms with Crippen molar-refractivity contribution in [3.8, 4) is 33.4 Å². The standard InChI is InChI=1S/C48H32FN/c1-31-25-26-41-44(27-31)48(42-23-9-7-19-37(42)38-20-8-10-24-43(38)48)45-30-46(39-21-5-6-22-40(39)47(41)45)50(36-18-12-16-34(49)29-36)35-17-11-15-33(28-35)32-13-3-2-4-14-32/h2-30H,1H3. The van der Waals surface area contributed by atoms with Gasteiger partial charge in [0.25, 0.3) is 0 Å². The number of fused-ring (bicyclic) bond motifs is 12. The first-order valence-corrected chi connectivity index (χ1v) is 17.2. The molecule has 0 aliphatic heterocycles. The van der Waals surface area contributed by atoms with E-state index in [2.05, 4.69) is 157 Å². The van der Waals surface area contributed by atoms with E-state index in [0.717, 1.165) is 33.6 Å². The number of halogens is 1. The Morgan fingerprint density at radius 2 is 1.06 bits per heavy atom. The van der Waals surface area contributed by atoms with E-state index in [0.29, 0.717) is 0 Å². The summed E-state index contributed by atoms with van der Waals surface area (Å²) in [6.07, 6.45) is 0. The van der Waals surface area contributed by atoms with Crippen LogP contribution in [0.1, 0.15) is 27.8 Å². The van der Waals surface area contributed by atoms with E-state index >= 15 is 4.39 Å². The smallest absolute Gasteiger partial charge is 0.125 e. The van der Waals surface area contributed by atoms with E-state index < -0.39 is 5.41 Å². The van der Waals surface area contributed by atoms with Crippen LogP contribution >= 0.6 is 0 Å². The zero-order chi connectivity index (χ0) is 33.4. The average molecular weight is 642 g/mol. The summed E-state index contributed by atoms with van der Waals surface area (Å²) in [7, 11) is 0. The summed E-state index contributed by atoms with van der Waals surface area (Å²) in [5.41, 5.74) is 16.0. The summed E-state index contributed by atoms with van der Waals surface area (Å²) in [6, 6.07) is 61.9. The Bertz CT molecular complexity index is 2590. The molecule has 2 aliphatic carbocycles. The van der Waals surface area contributed by atoms with Gasteiger partial charge in [0.15, 0.2) is 0 Å². The third kappa shape index (κ3) is 3.99. The van der Waals surface area contributed by atoms with Crippen molar-refractivity contribution in [3.63, 3.8) is 0 Å². The molecule has 8 aromatic rings. The number of benzene rings is 8. The van der Waals surface area contributed by atoms with Crippen molar-refractivity contribution < 1.29 is 4.39 Å². The molecule has 0 aromatic heterocycles. The maximum Gasteiger partial charge on any atom is 0.125 e. The highest BCUT2D eigenvalue weighted by atomic mass is 19.1. The second kappa shape index (κ2) is 10.9. The predicted octanol–water partition coefficient (Wildman–Crippen LogP) is 12.8. The SMILES string of the molecule is Cc1ccc2c(c1)C1(c3ccccc3-c3ccccc31)c1cc(N(c3cccc(F)c3)c3cccc(-c4ccccc4)c3)c3ccccc3c1-2. The molecule has 0 bridgehead atoms. The first kappa shape index (κ1) is 28.7. The van der Waals surface area contributed by atoms with Gasteiger partial charge in [-0.25, -0.2) is 4.39 Å². The van der Waals surface area contributed by atoms with Crippen molar-refractivity contribution in [2.75, 3.05) is 4.90 Å². The van der Waals surface area contributed by atoms with Gasteiger partial charge >= 0.3 is 0 Å². The minimum absolute atomic E-state index is 0.268. The van der Waals surface area contributed by atoms with Crippen LogP contribution in [-0.4, -0.2) is 0 Å². The van der Waals surface area contributed by atoms with Crippen LogP contribution in [0.5, 0.6) is 0 Å². The van der Waals surface area contributed by atoms with Gasteiger partial charge in [0.05, 0.1) is 11.1 Å². The number of hydrogen-bond donors (Lipinski definition) is 0. The van der Waals surface area contributed by atoms with Gasteiger partial charge in [-0.15, -0.1) is 0 Å². The number of aryl methyl sites for hydroxylation is 1. The summed E-state index contributed by atoms with van der Waals surface area (Å²) in [5, 5.41) is 2.30. The lowest BCUT2D eigenvalue weighted by molar-refractivity contribution is 0.628. The predicted molar refractivity (Wildman–Crippen MR) is 205 cm³/mol. The minimum Gasteiger partial charge on any atom is -0.310 e. The second-order valence-electron chi connectivity index (χ2n) is 13.5. The van der Waals surface area contributed by atoms with Gasteiger partial charge in [-0.3, -0.25) is 0 Å². The monoisotopic (exact) mass is 641 g/mol. The molecule has 2 aliphatic rings. The molecule has 0 atom stereocenters. The lowest BCUT2D eigenvalue weighted by Crippen LogP contribution is -2.26. The lowest BCUT2D eigenvalue weighted by atomic mass is 9.70. The summed E-state index contributed by atoms with van der Waals surface area (Å²) in [5.74, 6) is -0.268. The topological polar surface area (TPSA) is 3.24 Å². The van der Waals surface area contributed by atoms with Gasteiger partial charge in [-0.05, 0) is 104 Å². The highest BCUT2D eigenvalue weighted by Gasteiger charge is 2.52. The van der Waals surface area contributed by atoms with Crippen molar-refractivity contribution in [3.05, 3.63) is 210 Å². The fourth-order valence-corrected chi connectivity index (χ4v) is 8.77. The van der Waals surface area contributed by atoms with E-state index in [1.165, 1.54) is 61.5 Å². The van der Waals surface area contributed by atoms with Crippen LogP contribution < -0.4 is 4.90 Å². The highest BCUT2D eigenvalue weighted by Crippen LogP contribution is 2.65. The van der Waals surface area contributed by atoms with E-state index in [1.807, 2.05) is 12.1 Å². The van der Waals surface area contributed by atoms with Crippen molar-refractivity contribution >= 4 is 27.8 Å². The van der Waals surface area contributed by atoms with Gasteiger partial charge in [-0.1, -0.05) is 145 Å². The first-order valence-electron chi connectivity index (χ1n) is 17.2. The van der Waals surface area contributed by atoms with Gasteiger partial charge in [0.1, 0.15) is 5.82 Å². The van der Waals surface area contributed by atoms with Crippen molar-refractivity contribution in [2.24, 2.45) is 0 Å². The third-order valence-electron chi connectivity index (χ3n) is 10.7. The Morgan fingerprint density at radius 1 is 0.440 bits per heavy atom. The van der Waals surface area contributed by atoms with Crippen LogP contribution in [0, 0.1) is 12.7 Å². The van der Waals surface area contributed by atoms with Crippen molar-refractivity contribution in [1.82, 2.24) is 0 Å². The molecule has 0 fully saturated rings. The Hall–Kier alpha value is -6.25. The summed E-state index contributed by atoms with van der Waals surface area (Å²) >= 11 is 0. The van der Waals surface area contributed by atoms with Gasteiger partial charge < -0.3 is 4.90 Å². The zero-order valence-electron chi connectivity index (χ0n) is 27.6. The quantitative estimate of drug-likeness (QED) is 0.185. The fourth-order valence-electron chi connectivity index (χ4n) is 8.77. The molecule has 236 valence electrons. The van der Waals surface area contributed by atoms with Crippen molar-refractivity contribution in [1.29, 1.82) is 0 Å². The summed E-state index contributed by atoms with van der Waals surface area (Å²) in [4.78, 5) is 2.24. The number of hydrogen-bond acceptors (Lipinski definition) is 1. The Balaban J connectivity index is 1.34. The molecule has 0 amide bonds. The van der Waals surface area contributed by atoms with Crippen LogP contribution in [0.2, 0.25) is 0 Å². The molecule has 0 saturated carbocycles. The fraction of sp³-hybridized carbons (Fsp3) is 0.0417. The summed E-state index contributed by atoms with van der Waals surface area (Å²) < 4.78 is 15.2. The molecular formula is C48H32FN. The Labute approximate surface area is 291 Å². The summed E-state index contributed by atoms with van der Waals surface area (Å²) in [6.45, 7) is 2.19. The average Bonchev–Trinajstić information content (AvgIpc) is 3.62. The van der Waals surface area contributed by atoms with Gasteiger partial charge in [0, 0.05) is 16.8 Å². The molecule has 8 aromatic carbocycles. The normalized spacial score (nSPS) is 13.2. The van der Waals surface area contributed by atoms with Crippen LogP contribution in [0.15, 0.2) is 176 Å². The van der Waals surface area contributed by atoms with E-state index in [4.69, 9.17) is 0 Å². The van der Waals surface area contributed by atoms with Crippen molar-refractivity contribution in [2.45, 2.75) is 12.3 Å². The first-order chi connectivity index (χ1) is 24.6. The number of anilines is 3. The van der Waals surface area contributed by atoms with Gasteiger partial charge in [-0.2, -0.15) is 0 Å². The zero-order valence-corrected chi connectivity index (χ0v) is 27.6. The molecule has 50 heavy (non-hydrogen) atoms. The molecule has 0 radical (unpaired) electrons. The van der Waals surface area contributed by atoms with Crippen LogP contribution in [0.3, 0.4) is 0 Å². The molecule has 0 N–H and O–H groups in total. The molecule has 0 heterocycles. The molecule has 0 unspecified atom stereocenters.